The second-order valence-corrected chi connectivity index (χ2v) is 3.56. The van der Waals surface area contributed by atoms with Gasteiger partial charge in [0.2, 0.25) is 0 Å². The lowest BCUT2D eigenvalue weighted by Gasteiger charge is -2.07. The Labute approximate surface area is 95.4 Å². The molecule has 0 aliphatic carbocycles. The van der Waals surface area contributed by atoms with Gasteiger partial charge in [-0.15, -0.1) is 0 Å². The van der Waals surface area contributed by atoms with Crippen LogP contribution in [0.15, 0.2) is 18.2 Å². The van der Waals surface area contributed by atoms with Crippen LogP contribution in [0.4, 0.5) is 0 Å². The molecule has 0 bridgehead atoms. The molecule has 0 aliphatic heterocycles. The van der Waals surface area contributed by atoms with Gasteiger partial charge in [-0.3, -0.25) is 4.79 Å². The molecule has 0 saturated heterocycles. The molecule has 0 spiro atoms. The van der Waals surface area contributed by atoms with E-state index in [0.29, 0.717) is 5.56 Å². The second kappa shape index (κ2) is 5.45. The van der Waals surface area contributed by atoms with Gasteiger partial charge in [0.15, 0.2) is 0 Å². The molecule has 0 aliphatic rings. The Morgan fingerprint density at radius 3 is 2.50 bits per heavy atom. The predicted octanol–water partition coefficient (Wildman–Crippen LogP) is 2.30. The summed E-state index contributed by atoms with van der Waals surface area (Å²) >= 11 is 0. The van der Waals surface area contributed by atoms with Crippen molar-refractivity contribution in [2.45, 2.75) is 27.2 Å². The monoisotopic (exact) mass is 220 g/mol. The standard InChI is InChI=1S/C13H16O3/c1-4-10-7-6-9(3)8-11(10)12(14)13(15)16-5-2/h6-8H,4-5H2,1-3H3. The second-order valence-electron chi connectivity index (χ2n) is 3.56. The van der Waals surface area contributed by atoms with Crippen molar-refractivity contribution in [1.82, 2.24) is 0 Å². The van der Waals surface area contributed by atoms with Gasteiger partial charge in [0.1, 0.15) is 0 Å². The fraction of sp³-hybridized carbons (Fsp3) is 0.385. The summed E-state index contributed by atoms with van der Waals surface area (Å²) in [6.45, 7) is 5.74. The zero-order valence-electron chi connectivity index (χ0n) is 9.87. The topological polar surface area (TPSA) is 43.4 Å². The molecule has 0 amide bonds. The molecule has 0 aromatic heterocycles. The molecule has 1 aromatic carbocycles. The van der Waals surface area contributed by atoms with Crippen LogP contribution >= 0.6 is 0 Å². The van der Waals surface area contributed by atoms with Crippen molar-refractivity contribution in [3.8, 4) is 0 Å². The maximum absolute atomic E-state index is 11.8. The molecule has 1 rings (SSSR count). The summed E-state index contributed by atoms with van der Waals surface area (Å²) in [6.07, 6.45) is 0.723. The average Bonchev–Trinajstić information content (AvgIpc) is 2.28. The number of Topliss-reactive ketones (excluding diaryl/α,β-unsaturated/α-hetero) is 1. The van der Waals surface area contributed by atoms with Crippen LogP contribution in [0.3, 0.4) is 0 Å². The van der Waals surface area contributed by atoms with E-state index in [1.165, 1.54) is 0 Å². The van der Waals surface area contributed by atoms with Crippen LogP contribution in [0.25, 0.3) is 0 Å². The average molecular weight is 220 g/mol. The van der Waals surface area contributed by atoms with Gasteiger partial charge in [0, 0.05) is 5.56 Å². The van der Waals surface area contributed by atoms with E-state index in [1.54, 1.807) is 13.0 Å². The molecule has 0 unspecified atom stereocenters. The first-order valence-corrected chi connectivity index (χ1v) is 5.41. The minimum atomic E-state index is -0.775. The van der Waals surface area contributed by atoms with Gasteiger partial charge < -0.3 is 4.74 Å². The smallest absolute Gasteiger partial charge is 0.379 e. The summed E-state index contributed by atoms with van der Waals surface area (Å²) < 4.78 is 4.71. The zero-order valence-corrected chi connectivity index (χ0v) is 9.87. The quantitative estimate of drug-likeness (QED) is 0.444. The van der Waals surface area contributed by atoms with Crippen LogP contribution in [-0.2, 0) is 16.0 Å². The molecule has 0 fully saturated rings. The van der Waals surface area contributed by atoms with Crippen LogP contribution in [0, 0.1) is 6.92 Å². The van der Waals surface area contributed by atoms with E-state index >= 15 is 0 Å². The van der Waals surface area contributed by atoms with Crippen molar-refractivity contribution < 1.29 is 14.3 Å². The molecule has 0 N–H and O–H groups in total. The molecule has 0 radical (unpaired) electrons. The van der Waals surface area contributed by atoms with Gasteiger partial charge in [-0.1, -0.05) is 24.6 Å². The van der Waals surface area contributed by atoms with Crippen molar-refractivity contribution in [3.05, 3.63) is 34.9 Å². The summed E-state index contributed by atoms with van der Waals surface area (Å²) in [6, 6.07) is 5.54. The maximum Gasteiger partial charge on any atom is 0.379 e. The number of rotatable bonds is 4. The van der Waals surface area contributed by atoms with Crippen LogP contribution in [0.1, 0.15) is 35.3 Å². The summed E-state index contributed by atoms with van der Waals surface area (Å²) in [5.41, 5.74) is 2.30. The molecule has 1 aromatic rings. The van der Waals surface area contributed by atoms with Crippen LogP contribution in [-0.4, -0.2) is 18.4 Å². The van der Waals surface area contributed by atoms with E-state index in [9.17, 15) is 9.59 Å². The van der Waals surface area contributed by atoms with Gasteiger partial charge in [-0.25, -0.2) is 4.79 Å². The lowest BCUT2D eigenvalue weighted by atomic mass is 9.99. The van der Waals surface area contributed by atoms with Gasteiger partial charge in [-0.05, 0) is 31.9 Å². The number of ketones is 1. The first-order chi connectivity index (χ1) is 7.60. The number of carbonyl (C=O) groups is 2. The summed E-state index contributed by atoms with van der Waals surface area (Å²) in [7, 11) is 0. The molecule has 86 valence electrons. The predicted molar refractivity (Wildman–Crippen MR) is 61.5 cm³/mol. The Morgan fingerprint density at radius 2 is 1.94 bits per heavy atom. The highest BCUT2D eigenvalue weighted by Gasteiger charge is 2.19. The first-order valence-electron chi connectivity index (χ1n) is 5.41. The van der Waals surface area contributed by atoms with E-state index in [4.69, 9.17) is 4.74 Å². The van der Waals surface area contributed by atoms with Gasteiger partial charge in [-0.2, -0.15) is 0 Å². The Hall–Kier alpha value is -1.64. The molecule has 0 atom stereocenters. The Kier molecular flexibility index (Phi) is 4.23. The SMILES string of the molecule is CCOC(=O)C(=O)c1cc(C)ccc1CC. The van der Waals surface area contributed by atoms with Crippen molar-refractivity contribution >= 4 is 11.8 Å². The third kappa shape index (κ3) is 2.69. The number of hydrogen-bond donors (Lipinski definition) is 0. The summed E-state index contributed by atoms with van der Waals surface area (Å²) in [5.74, 6) is -1.33. The molecule has 0 heterocycles. The number of benzene rings is 1. The number of hydrogen-bond acceptors (Lipinski definition) is 3. The zero-order chi connectivity index (χ0) is 12.1. The van der Waals surface area contributed by atoms with Crippen molar-refractivity contribution in [1.29, 1.82) is 0 Å². The third-order valence-corrected chi connectivity index (χ3v) is 2.35. The minimum absolute atomic E-state index is 0.220. The molecule has 3 nitrogen and oxygen atoms in total. The lowest BCUT2D eigenvalue weighted by molar-refractivity contribution is -0.137. The molecular formula is C13H16O3. The lowest BCUT2D eigenvalue weighted by Crippen LogP contribution is -2.19. The molecule has 16 heavy (non-hydrogen) atoms. The highest BCUT2D eigenvalue weighted by molar-refractivity contribution is 6.41. The van der Waals surface area contributed by atoms with E-state index in [1.807, 2.05) is 26.0 Å². The van der Waals surface area contributed by atoms with Gasteiger partial charge >= 0.3 is 5.97 Å². The fourth-order valence-electron chi connectivity index (χ4n) is 1.52. The minimum Gasteiger partial charge on any atom is -0.460 e. The molecule has 3 heteroatoms. The Bertz CT molecular complexity index is 408. The van der Waals surface area contributed by atoms with E-state index in [2.05, 4.69) is 0 Å². The van der Waals surface area contributed by atoms with E-state index in [-0.39, 0.29) is 6.61 Å². The van der Waals surface area contributed by atoms with Crippen LogP contribution in [0.2, 0.25) is 0 Å². The van der Waals surface area contributed by atoms with Crippen molar-refractivity contribution in [2.75, 3.05) is 6.61 Å². The van der Waals surface area contributed by atoms with Crippen molar-refractivity contribution in [2.24, 2.45) is 0 Å². The van der Waals surface area contributed by atoms with Gasteiger partial charge in [0.25, 0.3) is 5.78 Å². The number of esters is 1. The highest BCUT2D eigenvalue weighted by Crippen LogP contribution is 2.14. The summed E-state index contributed by atoms with van der Waals surface area (Å²) in [4.78, 5) is 23.1. The number of carbonyl (C=O) groups excluding carboxylic acids is 2. The van der Waals surface area contributed by atoms with Crippen LogP contribution in [0.5, 0.6) is 0 Å². The first kappa shape index (κ1) is 12.4. The Morgan fingerprint density at radius 1 is 1.25 bits per heavy atom. The fourth-order valence-corrected chi connectivity index (χ4v) is 1.52. The number of aryl methyl sites for hydroxylation is 2. The summed E-state index contributed by atoms with van der Waals surface area (Å²) in [5, 5.41) is 0. The van der Waals surface area contributed by atoms with Crippen LogP contribution < -0.4 is 0 Å². The number of ether oxygens (including phenoxy) is 1. The Balaban J connectivity index is 3.06. The third-order valence-electron chi connectivity index (χ3n) is 2.35. The van der Waals surface area contributed by atoms with E-state index < -0.39 is 11.8 Å². The maximum atomic E-state index is 11.8. The largest absolute Gasteiger partial charge is 0.460 e. The normalized spacial score (nSPS) is 9.94. The van der Waals surface area contributed by atoms with E-state index in [0.717, 1.165) is 17.5 Å². The highest BCUT2D eigenvalue weighted by atomic mass is 16.5. The van der Waals surface area contributed by atoms with Crippen molar-refractivity contribution in [3.63, 3.8) is 0 Å². The molecule has 0 saturated carbocycles. The van der Waals surface area contributed by atoms with Gasteiger partial charge in [0.05, 0.1) is 6.61 Å². The molecular weight excluding hydrogens is 204 g/mol.